The standard InChI is InChI=1S/C12H8Br3ClS/c1-6-4-7(2-3-9(6)16)11(14)8-5-10(13)17-12(8)15/h2-5,11H,1H3. The van der Waals surface area contributed by atoms with Gasteiger partial charge >= 0.3 is 0 Å². The number of aryl methyl sites for hydroxylation is 1. The minimum absolute atomic E-state index is 0.176. The minimum atomic E-state index is 0.176. The van der Waals surface area contributed by atoms with Gasteiger partial charge in [-0.15, -0.1) is 11.3 Å². The summed E-state index contributed by atoms with van der Waals surface area (Å²) in [6.45, 7) is 2.02. The summed E-state index contributed by atoms with van der Waals surface area (Å²) in [6, 6.07) is 8.22. The third-order valence-corrected chi connectivity index (χ3v) is 6.26. The van der Waals surface area contributed by atoms with Crippen LogP contribution in [-0.4, -0.2) is 0 Å². The van der Waals surface area contributed by atoms with Crippen LogP contribution in [0.1, 0.15) is 21.5 Å². The van der Waals surface area contributed by atoms with Crippen molar-refractivity contribution < 1.29 is 0 Å². The van der Waals surface area contributed by atoms with Gasteiger partial charge in [-0.05, 0) is 67.6 Å². The molecule has 0 aliphatic rings. The highest BCUT2D eigenvalue weighted by atomic mass is 79.9. The molecule has 0 spiro atoms. The summed E-state index contributed by atoms with van der Waals surface area (Å²) >= 11 is 18.5. The molecule has 1 atom stereocenters. The van der Waals surface area contributed by atoms with E-state index in [-0.39, 0.29) is 4.83 Å². The van der Waals surface area contributed by atoms with Crippen molar-refractivity contribution in [1.29, 1.82) is 0 Å². The molecule has 0 N–H and O–H groups in total. The van der Waals surface area contributed by atoms with Crippen LogP contribution in [0.4, 0.5) is 0 Å². The van der Waals surface area contributed by atoms with Crippen molar-refractivity contribution in [2.75, 3.05) is 0 Å². The zero-order chi connectivity index (χ0) is 12.6. The first-order valence-corrected chi connectivity index (χ1v) is 8.53. The fourth-order valence-corrected chi connectivity index (χ4v) is 5.66. The fraction of sp³-hybridized carbons (Fsp3) is 0.167. The van der Waals surface area contributed by atoms with Crippen LogP contribution in [-0.2, 0) is 0 Å². The Hall–Kier alpha value is 0.650. The Morgan fingerprint density at radius 3 is 2.47 bits per heavy atom. The molecular weight excluding hydrogens is 451 g/mol. The van der Waals surface area contributed by atoms with E-state index in [1.54, 1.807) is 11.3 Å². The monoisotopic (exact) mass is 456 g/mol. The Labute approximate surface area is 135 Å². The van der Waals surface area contributed by atoms with Crippen LogP contribution in [0.5, 0.6) is 0 Å². The molecule has 1 aromatic carbocycles. The van der Waals surface area contributed by atoms with Gasteiger partial charge in [-0.1, -0.05) is 39.7 Å². The molecule has 0 nitrogen and oxygen atoms in total. The van der Waals surface area contributed by atoms with Gasteiger partial charge in [-0.25, -0.2) is 0 Å². The van der Waals surface area contributed by atoms with Gasteiger partial charge < -0.3 is 0 Å². The van der Waals surface area contributed by atoms with Gasteiger partial charge in [0.2, 0.25) is 0 Å². The highest BCUT2D eigenvalue weighted by Crippen LogP contribution is 2.42. The largest absolute Gasteiger partial charge is 0.121 e. The van der Waals surface area contributed by atoms with E-state index in [9.17, 15) is 0 Å². The first-order chi connectivity index (χ1) is 7.99. The number of benzene rings is 1. The maximum atomic E-state index is 6.04. The van der Waals surface area contributed by atoms with Crippen LogP contribution in [0.15, 0.2) is 31.8 Å². The second kappa shape index (κ2) is 5.74. The second-order valence-electron chi connectivity index (χ2n) is 3.65. The predicted octanol–water partition coefficient (Wildman–Crippen LogP) is 6.72. The quantitative estimate of drug-likeness (QED) is 0.438. The average molecular weight is 459 g/mol. The molecule has 0 bridgehead atoms. The molecule has 0 saturated carbocycles. The van der Waals surface area contributed by atoms with Crippen molar-refractivity contribution in [1.82, 2.24) is 0 Å². The number of hydrogen-bond acceptors (Lipinski definition) is 1. The summed E-state index contributed by atoms with van der Waals surface area (Å²) in [6.07, 6.45) is 0. The Morgan fingerprint density at radius 2 is 1.94 bits per heavy atom. The zero-order valence-electron chi connectivity index (χ0n) is 8.81. The molecule has 0 amide bonds. The Bertz CT molecular complexity index is 551. The molecule has 0 saturated heterocycles. The van der Waals surface area contributed by atoms with E-state index in [2.05, 4.69) is 59.9 Å². The van der Waals surface area contributed by atoms with Crippen LogP contribution in [0, 0.1) is 6.92 Å². The maximum absolute atomic E-state index is 6.04. The SMILES string of the molecule is Cc1cc(C(Br)c2cc(Br)sc2Br)ccc1Cl. The molecule has 0 aliphatic carbocycles. The number of hydrogen-bond donors (Lipinski definition) is 0. The molecule has 90 valence electrons. The normalized spacial score (nSPS) is 12.8. The molecule has 17 heavy (non-hydrogen) atoms. The first kappa shape index (κ1) is 14.1. The van der Waals surface area contributed by atoms with Crippen molar-refractivity contribution in [3.8, 4) is 0 Å². The maximum Gasteiger partial charge on any atom is 0.0757 e. The lowest BCUT2D eigenvalue weighted by atomic mass is 10.1. The van der Waals surface area contributed by atoms with Gasteiger partial charge in [0.15, 0.2) is 0 Å². The van der Waals surface area contributed by atoms with Gasteiger partial charge in [-0.3, -0.25) is 0 Å². The first-order valence-electron chi connectivity index (χ1n) is 4.84. The second-order valence-corrected chi connectivity index (χ2v) is 8.72. The number of rotatable bonds is 2. The van der Waals surface area contributed by atoms with E-state index >= 15 is 0 Å². The van der Waals surface area contributed by atoms with Gasteiger partial charge in [0.25, 0.3) is 0 Å². The van der Waals surface area contributed by atoms with E-state index in [0.29, 0.717) is 0 Å². The smallest absolute Gasteiger partial charge is 0.0757 e. The molecule has 1 heterocycles. The average Bonchev–Trinajstić information content (AvgIpc) is 2.61. The summed E-state index contributed by atoms with van der Waals surface area (Å²) in [5.74, 6) is 0. The lowest BCUT2D eigenvalue weighted by Gasteiger charge is -2.11. The van der Waals surface area contributed by atoms with E-state index in [0.717, 1.165) is 18.2 Å². The summed E-state index contributed by atoms with van der Waals surface area (Å²) in [5, 5.41) is 0.805. The number of thiophene rings is 1. The van der Waals surface area contributed by atoms with Crippen LogP contribution >= 0.6 is 70.7 Å². The Balaban J connectivity index is 2.40. The van der Waals surface area contributed by atoms with Crippen molar-refractivity contribution in [3.63, 3.8) is 0 Å². The summed E-state index contributed by atoms with van der Waals surface area (Å²) < 4.78 is 2.26. The van der Waals surface area contributed by atoms with E-state index in [1.165, 1.54) is 11.1 Å². The molecule has 5 heteroatoms. The fourth-order valence-electron chi connectivity index (χ4n) is 1.53. The minimum Gasteiger partial charge on any atom is -0.121 e. The molecule has 0 fully saturated rings. The lowest BCUT2D eigenvalue weighted by molar-refractivity contribution is 1.17. The summed E-state index contributed by atoms with van der Waals surface area (Å²) in [7, 11) is 0. The highest BCUT2D eigenvalue weighted by Gasteiger charge is 2.16. The van der Waals surface area contributed by atoms with Gasteiger partial charge in [0.05, 0.1) is 12.4 Å². The number of halogens is 4. The number of alkyl halides is 1. The van der Waals surface area contributed by atoms with Crippen molar-refractivity contribution in [3.05, 3.63) is 53.6 Å². The van der Waals surface area contributed by atoms with E-state index in [4.69, 9.17) is 11.6 Å². The lowest BCUT2D eigenvalue weighted by Crippen LogP contribution is -1.92. The Kier molecular flexibility index (Phi) is 4.75. The predicted molar refractivity (Wildman–Crippen MR) is 86.7 cm³/mol. The van der Waals surface area contributed by atoms with Gasteiger partial charge in [0, 0.05) is 5.02 Å². The molecule has 1 unspecified atom stereocenters. The molecule has 1 aromatic heterocycles. The molecule has 0 radical (unpaired) electrons. The van der Waals surface area contributed by atoms with Crippen molar-refractivity contribution >= 4 is 70.7 Å². The van der Waals surface area contributed by atoms with Crippen molar-refractivity contribution in [2.45, 2.75) is 11.8 Å². The van der Waals surface area contributed by atoms with Crippen LogP contribution in [0.2, 0.25) is 5.02 Å². The zero-order valence-corrected chi connectivity index (χ0v) is 15.1. The molecule has 2 aromatic rings. The third kappa shape index (κ3) is 3.16. The van der Waals surface area contributed by atoms with Crippen LogP contribution < -0.4 is 0 Å². The summed E-state index contributed by atoms with van der Waals surface area (Å²) in [4.78, 5) is 0.176. The van der Waals surface area contributed by atoms with Crippen LogP contribution in [0.25, 0.3) is 0 Å². The Morgan fingerprint density at radius 1 is 1.24 bits per heavy atom. The van der Waals surface area contributed by atoms with Crippen molar-refractivity contribution in [2.24, 2.45) is 0 Å². The third-order valence-electron chi connectivity index (χ3n) is 2.43. The van der Waals surface area contributed by atoms with Crippen LogP contribution in [0.3, 0.4) is 0 Å². The topological polar surface area (TPSA) is 0 Å². The molecule has 2 rings (SSSR count). The van der Waals surface area contributed by atoms with E-state index in [1.807, 2.05) is 19.1 Å². The molecule has 0 aliphatic heterocycles. The van der Waals surface area contributed by atoms with Gasteiger partial charge in [-0.2, -0.15) is 0 Å². The highest BCUT2D eigenvalue weighted by molar-refractivity contribution is 9.12. The van der Waals surface area contributed by atoms with Gasteiger partial charge in [0.1, 0.15) is 0 Å². The molecular formula is C12H8Br3ClS. The summed E-state index contributed by atoms with van der Waals surface area (Å²) in [5.41, 5.74) is 3.53. The van der Waals surface area contributed by atoms with E-state index < -0.39 is 0 Å².